The number of nitrogens with one attached hydrogen (secondary N) is 1. The van der Waals surface area contributed by atoms with Crippen LogP contribution in [-0.4, -0.2) is 26.3 Å². The maximum Gasteiger partial charge on any atom is 0.0529 e. The standard InChI is InChI=1S/C15H33NO/c1-7-8-14(4)10-17-12-15(5,6)11-16-9-13(2)3/h13-14,16H,7-12H2,1-6H3. The molecule has 0 aromatic rings. The van der Waals surface area contributed by atoms with Crippen molar-refractivity contribution in [2.24, 2.45) is 17.3 Å². The number of hydrogen-bond acceptors (Lipinski definition) is 2. The van der Waals surface area contributed by atoms with Gasteiger partial charge in [0.15, 0.2) is 0 Å². The van der Waals surface area contributed by atoms with Crippen LogP contribution in [0.5, 0.6) is 0 Å². The molecular formula is C15H33NO. The van der Waals surface area contributed by atoms with Crippen molar-refractivity contribution in [1.29, 1.82) is 0 Å². The summed E-state index contributed by atoms with van der Waals surface area (Å²) in [5.41, 5.74) is 0.237. The molecule has 2 heteroatoms. The van der Waals surface area contributed by atoms with Gasteiger partial charge < -0.3 is 10.1 Å². The lowest BCUT2D eigenvalue weighted by Gasteiger charge is -2.26. The third-order valence-electron chi connectivity index (χ3n) is 2.83. The van der Waals surface area contributed by atoms with E-state index in [1.165, 1.54) is 12.8 Å². The first-order valence-electron chi connectivity index (χ1n) is 7.16. The van der Waals surface area contributed by atoms with E-state index < -0.39 is 0 Å². The van der Waals surface area contributed by atoms with Gasteiger partial charge in [-0.05, 0) is 24.8 Å². The molecule has 0 spiro atoms. The second-order valence-electron chi connectivity index (χ2n) is 6.60. The topological polar surface area (TPSA) is 21.3 Å². The summed E-state index contributed by atoms with van der Waals surface area (Å²) in [6.45, 7) is 17.4. The van der Waals surface area contributed by atoms with Crippen LogP contribution in [0.2, 0.25) is 0 Å². The lowest BCUT2D eigenvalue weighted by Crippen LogP contribution is -2.35. The molecule has 0 heterocycles. The van der Waals surface area contributed by atoms with Gasteiger partial charge in [-0.2, -0.15) is 0 Å². The molecule has 1 unspecified atom stereocenters. The van der Waals surface area contributed by atoms with E-state index in [2.05, 4.69) is 46.9 Å². The van der Waals surface area contributed by atoms with Crippen molar-refractivity contribution in [3.05, 3.63) is 0 Å². The first-order chi connectivity index (χ1) is 7.87. The lowest BCUT2D eigenvalue weighted by atomic mass is 9.94. The first-order valence-corrected chi connectivity index (χ1v) is 7.16. The third kappa shape index (κ3) is 10.8. The van der Waals surface area contributed by atoms with Crippen LogP contribution in [-0.2, 0) is 4.74 Å². The van der Waals surface area contributed by atoms with Gasteiger partial charge in [0.2, 0.25) is 0 Å². The Kier molecular flexibility index (Phi) is 8.89. The maximum atomic E-state index is 5.83. The fourth-order valence-corrected chi connectivity index (χ4v) is 1.86. The summed E-state index contributed by atoms with van der Waals surface area (Å²) in [7, 11) is 0. The van der Waals surface area contributed by atoms with E-state index in [4.69, 9.17) is 4.74 Å². The van der Waals surface area contributed by atoms with Crippen molar-refractivity contribution >= 4 is 0 Å². The van der Waals surface area contributed by atoms with E-state index in [1.54, 1.807) is 0 Å². The van der Waals surface area contributed by atoms with Crippen LogP contribution in [0.25, 0.3) is 0 Å². The largest absolute Gasteiger partial charge is 0.381 e. The molecule has 0 saturated heterocycles. The second-order valence-corrected chi connectivity index (χ2v) is 6.60. The highest BCUT2D eigenvalue weighted by Gasteiger charge is 2.18. The molecule has 0 amide bonds. The van der Waals surface area contributed by atoms with E-state index in [9.17, 15) is 0 Å². The quantitative estimate of drug-likeness (QED) is 0.631. The minimum absolute atomic E-state index is 0.237. The van der Waals surface area contributed by atoms with Crippen LogP contribution in [0.1, 0.15) is 54.4 Å². The monoisotopic (exact) mass is 243 g/mol. The van der Waals surface area contributed by atoms with Crippen LogP contribution in [0, 0.1) is 17.3 Å². The third-order valence-corrected chi connectivity index (χ3v) is 2.83. The van der Waals surface area contributed by atoms with Crippen LogP contribution < -0.4 is 5.32 Å². The van der Waals surface area contributed by atoms with Gasteiger partial charge in [0.25, 0.3) is 0 Å². The Hall–Kier alpha value is -0.0800. The summed E-state index contributed by atoms with van der Waals surface area (Å²) in [6.07, 6.45) is 2.52. The molecule has 104 valence electrons. The molecule has 0 aliphatic rings. The number of rotatable bonds is 10. The smallest absolute Gasteiger partial charge is 0.0529 e. The van der Waals surface area contributed by atoms with Crippen molar-refractivity contribution in [3.63, 3.8) is 0 Å². The summed E-state index contributed by atoms with van der Waals surface area (Å²) in [4.78, 5) is 0. The maximum absolute atomic E-state index is 5.83. The highest BCUT2D eigenvalue weighted by Crippen LogP contribution is 2.15. The van der Waals surface area contributed by atoms with Crippen LogP contribution >= 0.6 is 0 Å². The Morgan fingerprint density at radius 3 is 2.35 bits per heavy atom. The van der Waals surface area contributed by atoms with Crippen molar-refractivity contribution in [1.82, 2.24) is 5.32 Å². The molecule has 0 aliphatic heterocycles. The minimum Gasteiger partial charge on any atom is -0.381 e. The fourth-order valence-electron chi connectivity index (χ4n) is 1.86. The molecular weight excluding hydrogens is 210 g/mol. The molecule has 0 saturated carbocycles. The highest BCUT2D eigenvalue weighted by atomic mass is 16.5. The SMILES string of the molecule is CCCC(C)COCC(C)(C)CNCC(C)C. The van der Waals surface area contributed by atoms with Gasteiger partial charge in [-0.1, -0.05) is 48.0 Å². The average Bonchev–Trinajstić information content (AvgIpc) is 2.16. The molecule has 0 aliphatic carbocycles. The zero-order valence-corrected chi connectivity index (χ0v) is 12.8. The van der Waals surface area contributed by atoms with Crippen molar-refractivity contribution in [2.75, 3.05) is 26.3 Å². The zero-order valence-electron chi connectivity index (χ0n) is 12.8. The van der Waals surface area contributed by atoms with Crippen molar-refractivity contribution in [2.45, 2.75) is 54.4 Å². The Morgan fingerprint density at radius 1 is 1.18 bits per heavy atom. The fraction of sp³-hybridized carbons (Fsp3) is 1.00. The van der Waals surface area contributed by atoms with Crippen molar-refractivity contribution < 1.29 is 4.74 Å². The second kappa shape index (κ2) is 8.93. The van der Waals surface area contributed by atoms with Gasteiger partial charge in [-0.25, -0.2) is 0 Å². The normalized spacial score (nSPS) is 14.3. The van der Waals surface area contributed by atoms with E-state index >= 15 is 0 Å². The number of ether oxygens (including phenoxy) is 1. The van der Waals surface area contributed by atoms with Gasteiger partial charge in [-0.15, -0.1) is 0 Å². The molecule has 0 radical (unpaired) electrons. The molecule has 0 rings (SSSR count). The molecule has 17 heavy (non-hydrogen) atoms. The molecule has 1 atom stereocenters. The molecule has 0 bridgehead atoms. The zero-order chi connectivity index (χ0) is 13.3. The number of hydrogen-bond donors (Lipinski definition) is 1. The predicted molar refractivity (Wildman–Crippen MR) is 76.4 cm³/mol. The van der Waals surface area contributed by atoms with Gasteiger partial charge >= 0.3 is 0 Å². The van der Waals surface area contributed by atoms with Crippen LogP contribution in [0.4, 0.5) is 0 Å². The Morgan fingerprint density at radius 2 is 1.82 bits per heavy atom. The van der Waals surface area contributed by atoms with Gasteiger partial charge in [-0.3, -0.25) is 0 Å². The highest BCUT2D eigenvalue weighted by molar-refractivity contribution is 4.71. The Labute approximate surface area is 109 Å². The first kappa shape index (κ1) is 16.9. The predicted octanol–water partition coefficient (Wildman–Crippen LogP) is 3.71. The summed E-state index contributed by atoms with van der Waals surface area (Å²) in [5.74, 6) is 1.41. The summed E-state index contributed by atoms with van der Waals surface area (Å²) in [6, 6.07) is 0. The average molecular weight is 243 g/mol. The van der Waals surface area contributed by atoms with Crippen molar-refractivity contribution in [3.8, 4) is 0 Å². The van der Waals surface area contributed by atoms with Gasteiger partial charge in [0, 0.05) is 18.6 Å². The minimum atomic E-state index is 0.237. The molecule has 0 fully saturated rings. The van der Waals surface area contributed by atoms with E-state index in [0.29, 0.717) is 5.92 Å². The van der Waals surface area contributed by atoms with Crippen LogP contribution in [0.3, 0.4) is 0 Å². The summed E-state index contributed by atoms with van der Waals surface area (Å²) < 4.78 is 5.83. The van der Waals surface area contributed by atoms with Gasteiger partial charge in [0.05, 0.1) is 6.61 Å². The van der Waals surface area contributed by atoms with E-state index in [0.717, 1.165) is 32.2 Å². The summed E-state index contributed by atoms with van der Waals surface area (Å²) in [5, 5.41) is 3.51. The lowest BCUT2D eigenvalue weighted by molar-refractivity contribution is 0.0416. The summed E-state index contributed by atoms with van der Waals surface area (Å²) >= 11 is 0. The van der Waals surface area contributed by atoms with Gasteiger partial charge in [0.1, 0.15) is 0 Å². The Bertz CT molecular complexity index is 178. The molecule has 1 N–H and O–H groups in total. The molecule has 0 aromatic heterocycles. The van der Waals surface area contributed by atoms with Crippen LogP contribution in [0.15, 0.2) is 0 Å². The van der Waals surface area contributed by atoms with E-state index in [1.807, 2.05) is 0 Å². The Balaban J connectivity index is 3.62. The molecule has 0 aromatic carbocycles. The van der Waals surface area contributed by atoms with E-state index in [-0.39, 0.29) is 5.41 Å². The molecule has 2 nitrogen and oxygen atoms in total.